The smallest absolute Gasteiger partial charge is 0.421 e. The molecule has 4 rings (SSSR count). The summed E-state index contributed by atoms with van der Waals surface area (Å²) in [5.41, 5.74) is -0.343. The van der Waals surface area contributed by atoms with Gasteiger partial charge in [-0.3, -0.25) is 9.78 Å². The second-order valence-corrected chi connectivity index (χ2v) is 8.83. The quantitative estimate of drug-likeness (QED) is 0.332. The molecule has 0 bridgehead atoms. The Labute approximate surface area is 220 Å². The summed E-state index contributed by atoms with van der Waals surface area (Å²) in [6.07, 6.45) is 0.680. The molecule has 4 aromatic rings. The summed E-state index contributed by atoms with van der Waals surface area (Å²) >= 11 is 0. The number of hydrogen-bond acceptors (Lipinski definition) is 7. The number of halogens is 3. The van der Waals surface area contributed by atoms with Gasteiger partial charge >= 0.3 is 12.1 Å². The first-order valence-electron chi connectivity index (χ1n) is 11.7. The number of carbonyl (C=O) groups excluding carboxylic acids is 1. The number of benzene rings is 1. The summed E-state index contributed by atoms with van der Waals surface area (Å²) in [4.78, 5) is 35.8. The summed E-state index contributed by atoms with van der Waals surface area (Å²) in [7, 11) is 0. The average molecular weight is 541 g/mol. The van der Waals surface area contributed by atoms with Crippen LogP contribution in [-0.2, 0) is 12.7 Å². The molecule has 0 aliphatic heterocycles. The van der Waals surface area contributed by atoms with Crippen molar-refractivity contribution in [1.29, 1.82) is 0 Å². The van der Waals surface area contributed by atoms with Gasteiger partial charge in [0.25, 0.3) is 5.91 Å². The minimum Gasteiger partial charge on any atom is -0.478 e. The zero-order valence-corrected chi connectivity index (χ0v) is 21.0. The summed E-state index contributed by atoms with van der Waals surface area (Å²) in [5.74, 6) is -2.91. The lowest BCUT2D eigenvalue weighted by molar-refractivity contribution is -0.139. The summed E-state index contributed by atoms with van der Waals surface area (Å²) < 4.78 is 47.0. The fraction of sp³-hybridized carbons (Fsp3) is 0.231. The Bertz CT molecular complexity index is 1490. The maximum Gasteiger partial charge on any atom is 0.421 e. The summed E-state index contributed by atoms with van der Waals surface area (Å²) in [6.45, 7) is 5.16. The van der Waals surface area contributed by atoms with E-state index in [9.17, 15) is 27.9 Å². The lowest BCUT2D eigenvalue weighted by Crippen LogP contribution is -2.38. The molecular weight excluding hydrogens is 517 g/mol. The topological polar surface area (TPSA) is 123 Å². The molecule has 39 heavy (non-hydrogen) atoms. The standard InChI is InChI=1S/C26H23F3N6O4/c1-15(2)35(24(36)21-6-4-16(3)12-30-21)22-7-5-18(11-19(22)25(37)38)39-23-20(26(27,28)29)10-17(13-31-23)14-34-32-8-9-33-34/h4-13,15H,14H2,1-3H3,(H,37,38). The molecule has 0 atom stereocenters. The number of carboxylic acid groups (broad SMARTS) is 1. The molecule has 0 radical (unpaired) electrons. The predicted molar refractivity (Wildman–Crippen MR) is 133 cm³/mol. The molecule has 1 aromatic carbocycles. The van der Waals surface area contributed by atoms with Crippen LogP contribution in [-0.4, -0.2) is 48.0 Å². The van der Waals surface area contributed by atoms with Crippen LogP contribution in [0.25, 0.3) is 0 Å². The fourth-order valence-electron chi connectivity index (χ4n) is 3.77. The van der Waals surface area contributed by atoms with Crippen molar-refractivity contribution in [2.45, 2.75) is 39.5 Å². The van der Waals surface area contributed by atoms with Gasteiger partial charge in [0.1, 0.15) is 17.0 Å². The Morgan fingerprint density at radius 3 is 2.36 bits per heavy atom. The molecule has 1 N–H and O–H groups in total. The largest absolute Gasteiger partial charge is 0.478 e. The molecule has 0 unspecified atom stereocenters. The number of carbonyl (C=O) groups is 2. The first-order chi connectivity index (χ1) is 18.4. The van der Waals surface area contributed by atoms with E-state index < -0.39 is 35.5 Å². The maximum absolute atomic E-state index is 13.8. The van der Waals surface area contributed by atoms with E-state index in [-0.39, 0.29) is 34.8 Å². The molecule has 13 heteroatoms. The molecule has 1 amide bonds. The fourth-order valence-corrected chi connectivity index (χ4v) is 3.77. The van der Waals surface area contributed by atoms with Gasteiger partial charge in [0, 0.05) is 18.4 Å². The Balaban J connectivity index is 1.69. The lowest BCUT2D eigenvalue weighted by atomic mass is 10.1. The van der Waals surface area contributed by atoms with Crippen molar-refractivity contribution in [3.63, 3.8) is 0 Å². The van der Waals surface area contributed by atoms with E-state index in [0.29, 0.717) is 0 Å². The van der Waals surface area contributed by atoms with Gasteiger partial charge in [-0.05, 0) is 62.2 Å². The van der Waals surface area contributed by atoms with E-state index in [2.05, 4.69) is 20.2 Å². The van der Waals surface area contributed by atoms with Crippen LogP contribution in [0.5, 0.6) is 11.6 Å². The van der Waals surface area contributed by atoms with Gasteiger partial charge in [-0.25, -0.2) is 9.78 Å². The van der Waals surface area contributed by atoms with Crippen molar-refractivity contribution in [2.75, 3.05) is 4.90 Å². The highest BCUT2D eigenvalue weighted by Crippen LogP contribution is 2.38. The first kappa shape index (κ1) is 27.2. The predicted octanol–water partition coefficient (Wildman–Crippen LogP) is 4.99. The number of aromatic nitrogens is 5. The van der Waals surface area contributed by atoms with Gasteiger partial charge in [0.15, 0.2) is 0 Å². The van der Waals surface area contributed by atoms with Gasteiger partial charge in [0.05, 0.1) is 30.2 Å². The molecule has 0 aliphatic carbocycles. The molecule has 0 fully saturated rings. The number of nitrogens with zero attached hydrogens (tertiary/aromatic N) is 6. The number of hydrogen-bond donors (Lipinski definition) is 1. The third-order valence-electron chi connectivity index (χ3n) is 5.54. The SMILES string of the molecule is Cc1ccc(C(=O)N(c2ccc(Oc3ncc(Cn4nccn4)cc3C(F)(F)F)cc2C(=O)O)C(C)C)nc1. The van der Waals surface area contributed by atoms with Crippen LogP contribution in [0.4, 0.5) is 18.9 Å². The van der Waals surface area contributed by atoms with E-state index in [4.69, 9.17) is 4.74 Å². The summed E-state index contributed by atoms with van der Waals surface area (Å²) in [5, 5.41) is 17.6. The number of amides is 1. The van der Waals surface area contributed by atoms with Crippen molar-refractivity contribution in [3.05, 3.63) is 89.1 Å². The number of carboxylic acids is 1. The summed E-state index contributed by atoms with van der Waals surface area (Å²) in [6, 6.07) is 7.25. The van der Waals surface area contributed by atoms with Gasteiger partial charge in [0.2, 0.25) is 5.88 Å². The monoisotopic (exact) mass is 540 g/mol. The van der Waals surface area contributed by atoms with Gasteiger partial charge in [-0.1, -0.05) is 6.07 Å². The second-order valence-electron chi connectivity index (χ2n) is 8.83. The number of alkyl halides is 3. The zero-order chi connectivity index (χ0) is 28.3. The number of rotatable bonds is 8. The van der Waals surface area contributed by atoms with Gasteiger partial charge in [-0.2, -0.15) is 28.2 Å². The Hall–Kier alpha value is -4.81. The number of ether oxygens (including phenoxy) is 1. The number of anilines is 1. The number of aryl methyl sites for hydroxylation is 1. The minimum atomic E-state index is -4.81. The highest BCUT2D eigenvalue weighted by Gasteiger charge is 2.36. The molecule has 0 spiro atoms. The number of pyridine rings is 2. The Kier molecular flexibility index (Phi) is 7.61. The molecule has 3 aromatic heterocycles. The van der Waals surface area contributed by atoms with Gasteiger partial charge in [-0.15, -0.1) is 0 Å². The van der Waals surface area contributed by atoms with Crippen molar-refractivity contribution in [2.24, 2.45) is 0 Å². The van der Waals surface area contributed by atoms with E-state index in [1.807, 2.05) is 6.92 Å². The molecule has 0 saturated heterocycles. The molecular formula is C26H23F3N6O4. The normalized spacial score (nSPS) is 11.5. The molecule has 202 valence electrons. The van der Waals surface area contributed by atoms with Crippen LogP contribution in [0.2, 0.25) is 0 Å². The number of aromatic carboxylic acids is 1. The molecule has 0 aliphatic rings. The van der Waals surface area contributed by atoms with Crippen LogP contribution >= 0.6 is 0 Å². The minimum absolute atomic E-state index is 0.0308. The van der Waals surface area contributed by atoms with Crippen LogP contribution in [0.3, 0.4) is 0 Å². The van der Waals surface area contributed by atoms with Crippen molar-refractivity contribution >= 4 is 17.6 Å². The molecule has 0 saturated carbocycles. The van der Waals surface area contributed by atoms with Crippen molar-refractivity contribution in [1.82, 2.24) is 25.0 Å². The van der Waals surface area contributed by atoms with Crippen molar-refractivity contribution < 1.29 is 32.6 Å². The van der Waals surface area contributed by atoms with E-state index in [0.717, 1.165) is 17.7 Å². The highest BCUT2D eigenvalue weighted by molar-refractivity contribution is 6.08. The van der Waals surface area contributed by atoms with E-state index in [1.54, 1.807) is 19.9 Å². The zero-order valence-electron chi connectivity index (χ0n) is 21.0. The third kappa shape index (κ3) is 6.20. The second kappa shape index (κ2) is 10.9. The van der Waals surface area contributed by atoms with Crippen molar-refractivity contribution in [3.8, 4) is 11.6 Å². The van der Waals surface area contributed by atoms with Gasteiger partial charge < -0.3 is 14.7 Å². The Morgan fingerprint density at radius 1 is 1.05 bits per heavy atom. The average Bonchev–Trinajstić information content (AvgIpc) is 3.38. The van der Waals surface area contributed by atoms with E-state index in [1.165, 1.54) is 52.7 Å². The highest BCUT2D eigenvalue weighted by atomic mass is 19.4. The molecule has 10 nitrogen and oxygen atoms in total. The van der Waals surface area contributed by atoms with Crippen LogP contribution in [0.15, 0.2) is 61.2 Å². The van der Waals surface area contributed by atoms with E-state index >= 15 is 0 Å². The Morgan fingerprint density at radius 2 is 1.77 bits per heavy atom. The van der Waals surface area contributed by atoms with Crippen LogP contribution in [0, 0.1) is 6.92 Å². The van der Waals surface area contributed by atoms with Crippen LogP contribution in [0.1, 0.15) is 51.4 Å². The lowest BCUT2D eigenvalue weighted by Gasteiger charge is -2.28. The van der Waals surface area contributed by atoms with Crippen LogP contribution < -0.4 is 9.64 Å². The molecule has 3 heterocycles. The maximum atomic E-state index is 13.8. The first-order valence-corrected chi connectivity index (χ1v) is 11.7. The third-order valence-corrected chi connectivity index (χ3v) is 5.54.